The van der Waals surface area contributed by atoms with E-state index in [0.29, 0.717) is 18.4 Å². The monoisotopic (exact) mass is 436 g/mol. The SMILES string of the molecule is COc1c2cc(C)cc1C(=O)NCCCNC(=O)[C@H](O)[C@@H](O)C(=O)NCCCNC2=O. The van der Waals surface area contributed by atoms with Gasteiger partial charge in [0.1, 0.15) is 5.75 Å². The van der Waals surface area contributed by atoms with Crippen LogP contribution in [0.2, 0.25) is 0 Å². The van der Waals surface area contributed by atoms with E-state index in [4.69, 9.17) is 4.74 Å². The summed E-state index contributed by atoms with van der Waals surface area (Å²) in [6.45, 7) is 2.34. The van der Waals surface area contributed by atoms with Crippen molar-refractivity contribution in [1.29, 1.82) is 0 Å². The molecule has 1 aliphatic rings. The number of hydrogen-bond acceptors (Lipinski definition) is 7. The topological polar surface area (TPSA) is 166 Å². The molecule has 0 saturated carbocycles. The minimum Gasteiger partial charge on any atom is -0.495 e. The van der Waals surface area contributed by atoms with Gasteiger partial charge >= 0.3 is 0 Å². The normalized spacial score (nSPS) is 22.1. The van der Waals surface area contributed by atoms with Gasteiger partial charge in [0, 0.05) is 26.2 Å². The van der Waals surface area contributed by atoms with Crippen molar-refractivity contribution in [2.45, 2.75) is 32.0 Å². The number of hydrogen-bond donors (Lipinski definition) is 6. The Morgan fingerprint density at radius 3 is 1.55 bits per heavy atom. The fourth-order valence-electron chi connectivity index (χ4n) is 3.02. The zero-order valence-corrected chi connectivity index (χ0v) is 17.5. The number of benzene rings is 1. The highest BCUT2D eigenvalue weighted by Crippen LogP contribution is 2.26. The third-order valence-electron chi connectivity index (χ3n) is 4.64. The number of amides is 4. The molecule has 4 amide bonds. The largest absolute Gasteiger partial charge is 0.495 e. The number of rotatable bonds is 1. The first-order valence-electron chi connectivity index (χ1n) is 9.92. The van der Waals surface area contributed by atoms with E-state index in [1.54, 1.807) is 19.1 Å². The Kier molecular flexibility index (Phi) is 8.76. The van der Waals surface area contributed by atoms with Crippen LogP contribution in [0.3, 0.4) is 0 Å². The van der Waals surface area contributed by atoms with Crippen LogP contribution in [-0.4, -0.2) is 79.3 Å². The summed E-state index contributed by atoms with van der Waals surface area (Å²) in [5, 5.41) is 29.8. The molecule has 0 fully saturated rings. The number of carbonyl (C=O) groups is 4. The summed E-state index contributed by atoms with van der Waals surface area (Å²) in [4.78, 5) is 49.0. The summed E-state index contributed by atoms with van der Waals surface area (Å²) in [5.74, 6) is -2.53. The maximum Gasteiger partial charge on any atom is 0.255 e. The number of nitrogens with one attached hydrogen (secondary N) is 4. The lowest BCUT2D eigenvalue weighted by Crippen LogP contribution is -2.50. The molecule has 0 saturated heterocycles. The van der Waals surface area contributed by atoms with Gasteiger partial charge in [-0.15, -0.1) is 0 Å². The van der Waals surface area contributed by atoms with Gasteiger partial charge in [-0.25, -0.2) is 0 Å². The number of methoxy groups -OCH3 is 1. The molecule has 0 unspecified atom stereocenters. The molecule has 31 heavy (non-hydrogen) atoms. The number of aryl methyl sites for hydroxylation is 1. The highest BCUT2D eigenvalue weighted by Gasteiger charge is 2.30. The highest BCUT2D eigenvalue weighted by atomic mass is 16.5. The second-order valence-corrected chi connectivity index (χ2v) is 7.08. The second-order valence-electron chi connectivity index (χ2n) is 7.08. The van der Waals surface area contributed by atoms with Crippen LogP contribution in [0.4, 0.5) is 0 Å². The number of ether oxygens (including phenoxy) is 1. The maximum atomic E-state index is 12.6. The lowest BCUT2D eigenvalue weighted by molar-refractivity contribution is -0.146. The summed E-state index contributed by atoms with van der Waals surface area (Å²) in [7, 11) is 1.37. The van der Waals surface area contributed by atoms with E-state index < -0.39 is 35.8 Å². The Labute approximate surface area is 179 Å². The minimum absolute atomic E-state index is 0.100. The summed E-state index contributed by atoms with van der Waals surface area (Å²) >= 11 is 0. The van der Waals surface area contributed by atoms with E-state index in [1.807, 2.05) is 0 Å². The van der Waals surface area contributed by atoms with Gasteiger partial charge in [-0.05, 0) is 37.5 Å². The summed E-state index contributed by atoms with van der Waals surface area (Å²) in [6.07, 6.45) is -3.20. The van der Waals surface area contributed by atoms with Gasteiger partial charge < -0.3 is 36.2 Å². The summed E-state index contributed by atoms with van der Waals surface area (Å²) in [5.41, 5.74) is 1.12. The van der Waals surface area contributed by atoms with E-state index >= 15 is 0 Å². The smallest absolute Gasteiger partial charge is 0.255 e. The van der Waals surface area contributed by atoms with Gasteiger partial charge in [0.2, 0.25) is 0 Å². The molecule has 1 heterocycles. The van der Waals surface area contributed by atoms with Gasteiger partial charge in [0.05, 0.1) is 18.2 Å². The third kappa shape index (κ3) is 6.40. The molecule has 11 nitrogen and oxygen atoms in total. The lowest BCUT2D eigenvalue weighted by Gasteiger charge is -2.17. The zero-order chi connectivity index (χ0) is 23.0. The molecular formula is C20H28N4O7. The summed E-state index contributed by atoms with van der Waals surface area (Å²) in [6, 6.07) is 3.23. The average Bonchev–Trinajstić information content (AvgIpc) is 2.75. The molecule has 2 atom stereocenters. The predicted octanol–water partition coefficient (Wildman–Crippen LogP) is -1.79. The molecule has 170 valence electrons. The molecule has 2 rings (SSSR count). The van der Waals surface area contributed by atoms with Crippen LogP contribution in [0.1, 0.15) is 39.1 Å². The molecule has 0 radical (unpaired) electrons. The number of carbonyl (C=O) groups excluding carboxylic acids is 4. The van der Waals surface area contributed by atoms with Crippen molar-refractivity contribution in [3.63, 3.8) is 0 Å². The molecule has 11 heteroatoms. The maximum absolute atomic E-state index is 12.6. The molecule has 6 N–H and O–H groups in total. The van der Waals surface area contributed by atoms with E-state index in [0.717, 1.165) is 0 Å². The van der Waals surface area contributed by atoms with Crippen LogP contribution in [-0.2, 0) is 9.59 Å². The summed E-state index contributed by atoms with van der Waals surface area (Å²) < 4.78 is 5.33. The molecule has 1 aliphatic heterocycles. The fraction of sp³-hybridized carbons (Fsp3) is 0.500. The Bertz CT molecular complexity index is 780. The first-order chi connectivity index (χ1) is 14.8. The van der Waals surface area contributed by atoms with Crippen LogP contribution < -0.4 is 26.0 Å². The van der Waals surface area contributed by atoms with Gasteiger partial charge in [0.25, 0.3) is 23.6 Å². The van der Waals surface area contributed by atoms with E-state index in [-0.39, 0.29) is 43.1 Å². The van der Waals surface area contributed by atoms with Crippen molar-refractivity contribution in [3.8, 4) is 5.75 Å². The molecule has 2 bridgehead atoms. The highest BCUT2D eigenvalue weighted by molar-refractivity contribution is 6.04. The van der Waals surface area contributed by atoms with Crippen molar-refractivity contribution in [2.24, 2.45) is 0 Å². The number of aliphatic hydroxyl groups is 2. The van der Waals surface area contributed by atoms with Gasteiger partial charge in [-0.3, -0.25) is 19.2 Å². The number of fused-ring (bicyclic) bond motifs is 2. The molecule has 0 spiro atoms. The molecule has 1 aromatic carbocycles. The van der Waals surface area contributed by atoms with Gasteiger partial charge in [0.15, 0.2) is 12.2 Å². The first kappa shape index (κ1) is 24.1. The Morgan fingerprint density at radius 1 is 0.774 bits per heavy atom. The van der Waals surface area contributed by atoms with Crippen LogP contribution in [0.25, 0.3) is 0 Å². The Balaban J connectivity index is 2.22. The van der Waals surface area contributed by atoms with Crippen LogP contribution >= 0.6 is 0 Å². The average molecular weight is 436 g/mol. The standard InChI is InChI=1S/C20H28N4O7/c1-11-9-12-16(31-2)13(10-11)18(28)22-6-4-8-24-20(30)15(26)14(25)19(29)23-7-3-5-21-17(12)27/h9-10,14-15,25-26H,3-8H2,1-2H3,(H,21,27)(H,22,28)(H,23,29)(H,24,30)/t14-,15-/m1/s1. The molecular weight excluding hydrogens is 408 g/mol. The van der Waals surface area contributed by atoms with Gasteiger partial charge in [-0.2, -0.15) is 0 Å². The van der Waals surface area contributed by atoms with Crippen LogP contribution in [0, 0.1) is 6.92 Å². The van der Waals surface area contributed by atoms with Gasteiger partial charge in [-0.1, -0.05) is 0 Å². The lowest BCUT2D eigenvalue weighted by atomic mass is 10.0. The van der Waals surface area contributed by atoms with Crippen molar-refractivity contribution >= 4 is 23.6 Å². The van der Waals surface area contributed by atoms with E-state index in [1.165, 1.54) is 7.11 Å². The minimum atomic E-state index is -1.93. The fourth-order valence-corrected chi connectivity index (χ4v) is 3.02. The molecule has 1 aromatic rings. The van der Waals surface area contributed by atoms with Crippen molar-refractivity contribution in [3.05, 3.63) is 28.8 Å². The van der Waals surface area contributed by atoms with E-state index in [2.05, 4.69) is 21.3 Å². The molecule has 0 aromatic heterocycles. The number of aliphatic hydroxyl groups excluding tert-OH is 2. The zero-order valence-electron chi connectivity index (χ0n) is 17.5. The van der Waals surface area contributed by atoms with Crippen molar-refractivity contribution in [1.82, 2.24) is 21.3 Å². The Hall–Kier alpha value is -3.18. The van der Waals surface area contributed by atoms with E-state index in [9.17, 15) is 29.4 Å². The predicted molar refractivity (Wildman–Crippen MR) is 110 cm³/mol. The van der Waals surface area contributed by atoms with Crippen LogP contribution in [0.5, 0.6) is 5.75 Å². The quantitative estimate of drug-likeness (QED) is 0.302. The Morgan fingerprint density at radius 2 is 1.16 bits per heavy atom. The molecule has 0 aliphatic carbocycles. The van der Waals surface area contributed by atoms with Crippen molar-refractivity contribution < 1.29 is 34.1 Å². The van der Waals surface area contributed by atoms with Crippen LogP contribution in [0.15, 0.2) is 12.1 Å². The third-order valence-corrected chi connectivity index (χ3v) is 4.64. The second kappa shape index (κ2) is 11.3. The first-order valence-corrected chi connectivity index (χ1v) is 9.92. The van der Waals surface area contributed by atoms with Crippen molar-refractivity contribution in [2.75, 3.05) is 33.3 Å².